The van der Waals surface area contributed by atoms with Crippen molar-refractivity contribution in [3.8, 4) is 0 Å². The smallest absolute Gasteiger partial charge is 0.236 e. The Hall–Kier alpha value is -0.650. The predicted molar refractivity (Wildman–Crippen MR) is 56.5 cm³/mol. The largest absolute Gasteiger partial charge is 0.383 e. The molecule has 1 saturated heterocycles. The van der Waals surface area contributed by atoms with Gasteiger partial charge in [-0.25, -0.2) is 0 Å². The molecule has 0 aromatic rings. The summed E-state index contributed by atoms with van der Waals surface area (Å²) in [6.07, 6.45) is 1.80. The molecule has 15 heavy (non-hydrogen) atoms. The molecule has 1 aliphatic heterocycles. The standard InChI is InChI=1S/C10H20N2O3/c1-14-7-4-12(10(13)8-11)9-2-5-15-6-3-9/h9H,2-8,11H2,1H3. The number of rotatable bonds is 5. The van der Waals surface area contributed by atoms with Crippen molar-refractivity contribution in [1.29, 1.82) is 0 Å². The highest BCUT2D eigenvalue weighted by Crippen LogP contribution is 2.14. The number of ether oxygens (including phenoxy) is 2. The van der Waals surface area contributed by atoms with Crippen molar-refractivity contribution in [2.24, 2.45) is 5.73 Å². The average molecular weight is 216 g/mol. The second kappa shape index (κ2) is 6.76. The predicted octanol–water partition coefficient (Wildman–Crippen LogP) is -0.401. The first-order valence-electron chi connectivity index (χ1n) is 5.35. The lowest BCUT2D eigenvalue weighted by molar-refractivity contribution is -0.134. The molecular formula is C10H20N2O3. The van der Waals surface area contributed by atoms with Gasteiger partial charge in [-0.15, -0.1) is 0 Å². The lowest BCUT2D eigenvalue weighted by Crippen LogP contribution is -2.47. The maximum absolute atomic E-state index is 11.6. The normalized spacial score (nSPS) is 17.7. The molecule has 0 unspecified atom stereocenters. The van der Waals surface area contributed by atoms with E-state index in [1.165, 1.54) is 0 Å². The van der Waals surface area contributed by atoms with Crippen LogP contribution in [0.25, 0.3) is 0 Å². The molecule has 1 fully saturated rings. The van der Waals surface area contributed by atoms with Crippen LogP contribution in [0.3, 0.4) is 0 Å². The van der Waals surface area contributed by atoms with E-state index in [1.54, 1.807) is 7.11 Å². The van der Waals surface area contributed by atoms with E-state index in [2.05, 4.69) is 0 Å². The van der Waals surface area contributed by atoms with E-state index in [0.717, 1.165) is 26.1 Å². The number of carbonyl (C=O) groups excluding carboxylic acids is 1. The van der Waals surface area contributed by atoms with Crippen molar-refractivity contribution in [1.82, 2.24) is 4.90 Å². The Morgan fingerprint density at radius 2 is 2.20 bits per heavy atom. The molecule has 0 aromatic carbocycles. The fourth-order valence-electron chi connectivity index (χ4n) is 1.81. The van der Waals surface area contributed by atoms with E-state index in [0.29, 0.717) is 13.2 Å². The molecular weight excluding hydrogens is 196 g/mol. The van der Waals surface area contributed by atoms with Gasteiger partial charge < -0.3 is 20.1 Å². The van der Waals surface area contributed by atoms with Crippen LogP contribution in [0.4, 0.5) is 0 Å². The van der Waals surface area contributed by atoms with Crippen LogP contribution >= 0.6 is 0 Å². The molecule has 88 valence electrons. The van der Waals surface area contributed by atoms with Crippen LogP contribution in [0.15, 0.2) is 0 Å². The van der Waals surface area contributed by atoms with Crippen molar-refractivity contribution in [2.75, 3.05) is 40.0 Å². The first-order chi connectivity index (χ1) is 7.29. The number of nitrogens with zero attached hydrogens (tertiary/aromatic N) is 1. The highest BCUT2D eigenvalue weighted by atomic mass is 16.5. The van der Waals surface area contributed by atoms with E-state index in [4.69, 9.17) is 15.2 Å². The van der Waals surface area contributed by atoms with E-state index in [-0.39, 0.29) is 18.5 Å². The Balaban J connectivity index is 2.49. The van der Waals surface area contributed by atoms with E-state index >= 15 is 0 Å². The number of nitrogens with two attached hydrogens (primary N) is 1. The van der Waals surface area contributed by atoms with Crippen LogP contribution in [-0.4, -0.2) is 56.9 Å². The summed E-state index contributed by atoms with van der Waals surface area (Å²) in [5, 5.41) is 0. The minimum Gasteiger partial charge on any atom is -0.383 e. The van der Waals surface area contributed by atoms with Crippen molar-refractivity contribution in [3.63, 3.8) is 0 Å². The third kappa shape index (κ3) is 3.77. The summed E-state index contributed by atoms with van der Waals surface area (Å²) in [6, 6.07) is 0.268. The molecule has 0 bridgehead atoms. The lowest BCUT2D eigenvalue weighted by atomic mass is 10.1. The summed E-state index contributed by atoms with van der Waals surface area (Å²) in [5.41, 5.74) is 5.39. The second-order valence-electron chi connectivity index (χ2n) is 3.63. The van der Waals surface area contributed by atoms with Crippen molar-refractivity contribution < 1.29 is 14.3 Å². The SMILES string of the molecule is COCCN(C(=O)CN)C1CCOCC1. The molecule has 0 saturated carbocycles. The van der Waals surface area contributed by atoms with Crippen molar-refractivity contribution >= 4 is 5.91 Å². The molecule has 1 rings (SSSR count). The fraction of sp³-hybridized carbons (Fsp3) is 0.900. The molecule has 1 amide bonds. The van der Waals surface area contributed by atoms with Gasteiger partial charge in [-0.05, 0) is 12.8 Å². The quantitative estimate of drug-likeness (QED) is 0.679. The summed E-state index contributed by atoms with van der Waals surface area (Å²) in [7, 11) is 1.63. The number of hydrogen-bond donors (Lipinski definition) is 1. The molecule has 5 heteroatoms. The number of carbonyl (C=O) groups is 1. The van der Waals surface area contributed by atoms with Crippen LogP contribution < -0.4 is 5.73 Å². The molecule has 0 atom stereocenters. The van der Waals surface area contributed by atoms with Crippen LogP contribution in [0.2, 0.25) is 0 Å². The molecule has 5 nitrogen and oxygen atoms in total. The molecule has 1 heterocycles. The zero-order valence-corrected chi connectivity index (χ0v) is 9.28. The average Bonchev–Trinajstić information content (AvgIpc) is 2.30. The lowest BCUT2D eigenvalue weighted by Gasteiger charge is -2.34. The van der Waals surface area contributed by atoms with Gasteiger partial charge >= 0.3 is 0 Å². The molecule has 0 aromatic heterocycles. The van der Waals surface area contributed by atoms with Gasteiger partial charge in [0.05, 0.1) is 13.2 Å². The third-order valence-electron chi connectivity index (χ3n) is 2.66. The third-order valence-corrected chi connectivity index (χ3v) is 2.66. The van der Waals surface area contributed by atoms with E-state index < -0.39 is 0 Å². The highest BCUT2D eigenvalue weighted by Gasteiger charge is 2.24. The van der Waals surface area contributed by atoms with Crippen LogP contribution in [0, 0.1) is 0 Å². The number of methoxy groups -OCH3 is 1. The van der Waals surface area contributed by atoms with Crippen LogP contribution in [-0.2, 0) is 14.3 Å². The minimum atomic E-state index is -0.000972. The van der Waals surface area contributed by atoms with Gasteiger partial charge in [0.1, 0.15) is 0 Å². The summed E-state index contributed by atoms with van der Waals surface area (Å²) >= 11 is 0. The van der Waals surface area contributed by atoms with Crippen molar-refractivity contribution in [2.45, 2.75) is 18.9 Å². The molecule has 2 N–H and O–H groups in total. The van der Waals surface area contributed by atoms with E-state index in [9.17, 15) is 4.79 Å². The molecule has 0 aliphatic carbocycles. The van der Waals surface area contributed by atoms with Crippen LogP contribution in [0.5, 0.6) is 0 Å². The topological polar surface area (TPSA) is 64.8 Å². The Morgan fingerprint density at radius 3 is 2.73 bits per heavy atom. The Kier molecular flexibility index (Phi) is 5.60. The van der Waals surface area contributed by atoms with Gasteiger partial charge in [0.25, 0.3) is 0 Å². The van der Waals surface area contributed by atoms with Crippen LogP contribution in [0.1, 0.15) is 12.8 Å². The Labute approximate surface area is 90.5 Å². The second-order valence-corrected chi connectivity index (χ2v) is 3.63. The maximum Gasteiger partial charge on any atom is 0.236 e. The fourth-order valence-corrected chi connectivity index (χ4v) is 1.81. The number of amides is 1. The van der Waals surface area contributed by atoms with Gasteiger partial charge in [0, 0.05) is 32.9 Å². The summed E-state index contributed by atoms with van der Waals surface area (Å²) < 4.78 is 10.3. The minimum absolute atomic E-state index is 0.000972. The Bertz CT molecular complexity index is 193. The Morgan fingerprint density at radius 1 is 1.53 bits per heavy atom. The van der Waals surface area contributed by atoms with Crippen molar-refractivity contribution in [3.05, 3.63) is 0 Å². The zero-order chi connectivity index (χ0) is 11.1. The number of hydrogen-bond acceptors (Lipinski definition) is 4. The summed E-state index contributed by atoms with van der Waals surface area (Å²) in [6.45, 7) is 2.71. The molecule has 1 aliphatic rings. The first kappa shape index (κ1) is 12.4. The van der Waals surface area contributed by atoms with Gasteiger partial charge in [-0.3, -0.25) is 4.79 Å². The first-order valence-corrected chi connectivity index (χ1v) is 5.35. The summed E-state index contributed by atoms with van der Waals surface area (Å²) in [5.74, 6) is -0.000972. The molecule has 0 radical (unpaired) electrons. The van der Waals surface area contributed by atoms with Gasteiger partial charge in [-0.1, -0.05) is 0 Å². The van der Waals surface area contributed by atoms with Gasteiger partial charge in [0.2, 0.25) is 5.91 Å². The summed E-state index contributed by atoms with van der Waals surface area (Å²) in [4.78, 5) is 13.4. The zero-order valence-electron chi connectivity index (χ0n) is 9.28. The maximum atomic E-state index is 11.6. The monoisotopic (exact) mass is 216 g/mol. The van der Waals surface area contributed by atoms with Gasteiger partial charge in [-0.2, -0.15) is 0 Å². The molecule has 0 spiro atoms. The highest BCUT2D eigenvalue weighted by molar-refractivity contribution is 5.78. The van der Waals surface area contributed by atoms with Gasteiger partial charge in [0.15, 0.2) is 0 Å². The van der Waals surface area contributed by atoms with E-state index in [1.807, 2.05) is 4.90 Å².